The molecular weight excluding hydrogens is 316 g/mol. The number of nitrogens with zero attached hydrogens (tertiary/aromatic N) is 3. The maximum atomic E-state index is 12.7. The van der Waals surface area contributed by atoms with Gasteiger partial charge in [0.1, 0.15) is 0 Å². The predicted molar refractivity (Wildman–Crippen MR) is 99.9 cm³/mol. The summed E-state index contributed by atoms with van der Waals surface area (Å²) in [6.45, 7) is 8.69. The lowest BCUT2D eigenvalue weighted by atomic mass is 10.2. The van der Waals surface area contributed by atoms with Crippen LogP contribution in [0.2, 0.25) is 0 Å². The summed E-state index contributed by atoms with van der Waals surface area (Å²) in [5, 5.41) is 3.36. The molecule has 0 bridgehead atoms. The van der Waals surface area contributed by atoms with E-state index in [4.69, 9.17) is 4.74 Å². The van der Waals surface area contributed by atoms with Crippen LogP contribution in [-0.2, 0) is 9.53 Å². The van der Waals surface area contributed by atoms with E-state index in [-0.39, 0.29) is 18.1 Å². The van der Waals surface area contributed by atoms with Gasteiger partial charge < -0.3 is 24.8 Å². The van der Waals surface area contributed by atoms with Gasteiger partial charge in [0, 0.05) is 51.5 Å². The van der Waals surface area contributed by atoms with Crippen molar-refractivity contribution in [3.63, 3.8) is 0 Å². The van der Waals surface area contributed by atoms with Crippen molar-refractivity contribution in [3.05, 3.63) is 30.3 Å². The van der Waals surface area contributed by atoms with Gasteiger partial charge in [-0.1, -0.05) is 18.2 Å². The summed E-state index contributed by atoms with van der Waals surface area (Å²) in [5.41, 5.74) is 1.24. The number of likely N-dealkylation sites (N-methyl/N-ethyl adjacent to an activating group) is 1. The topological polar surface area (TPSA) is 48.1 Å². The molecule has 6 nitrogen and oxygen atoms in total. The Morgan fingerprint density at radius 2 is 1.92 bits per heavy atom. The van der Waals surface area contributed by atoms with Gasteiger partial charge in [-0.15, -0.1) is 0 Å². The van der Waals surface area contributed by atoms with Gasteiger partial charge in [0.05, 0.1) is 18.8 Å². The van der Waals surface area contributed by atoms with Gasteiger partial charge in [0.15, 0.2) is 0 Å². The molecule has 25 heavy (non-hydrogen) atoms. The highest BCUT2D eigenvalue weighted by Gasteiger charge is 2.26. The van der Waals surface area contributed by atoms with Gasteiger partial charge in [-0.05, 0) is 26.1 Å². The first kappa shape index (κ1) is 18.2. The van der Waals surface area contributed by atoms with Crippen LogP contribution in [0.1, 0.15) is 6.92 Å². The van der Waals surface area contributed by atoms with Crippen molar-refractivity contribution >= 4 is 11.6 Å². The molecule has 0 aromatic heterocycles. The molecule has 0 aliphatic carbocycles. The molecule has 2 fully saturated rings. The first-order valence-corrected chi connectivity index (χ1v) is 9.26. The van der Waals surface area contributed by atoms with Gasteiger partial charge in [0.2, 0.25) is 5.91 Å². The molecule has 6 heteroatoms. The largest absolute Gasteiger partial charge is 0.374 e. The molecule has 2 atom stereocenters. The minimum atomic E-state index is -0.167. The zero-order valence-corrected chi connectivity index (χ0v) is 15.4. The maximum Gasteiger partial charge on any atom is 0.239 e. The number of amides is 1. The monoisotopic (exact) mass is 346 g/mol. The summed E-state index contributed by atoms with van der Waals surface area (Å²) in [5.74, 6) is 0.192. The second-order valence-corrected chi connectivity index (χ2v) is 7.03. The molecule has 2 heterocycles. The van der Waals surface area contributed by atoms with Gasteiger partial charge in [-0.2, -0.15) is 0 Å². The molecule has 138 valence electrons. The molecule has 0 unspecified atom stereocenters. The highest BCUT2D eigenvalue weighted by atomic mass is 16.5. The number of nitrogens with one attached hydrogen (secondary N) is 1. The molecule has 2 aliphatic heterocycles. The van der Waals surface area contributed by atoms with Crippen molar-refractivity contribution in [2.75, 3.05) is 64.4 Å². The normalized spacial score (nSPS) is 23.5. The SMILES string of the molecule is C[C@@H](NC[C@H]1CN(C)CCO1)C(=O)N1CCN(c2ccccc2)CC1. The Labute approximate surface area is 150 Å². The number of hydrogen-bond donors (Lipinski definition) is 1. The second-order valence-electron chi connectivity index (χ2n) is 7.03. The van der Waals surface area contributed by atoms with Crippen LogP contribution >= 0.6 is 0 Å². The van der Waals surface area contributed by atoms with E-state index < -0.39 is 0 Å². The lowest BCUT2D eigenvalue weighted by molar-refractivity contribution is -0.133. The molecule has 0 radical (unpaired) electrons. The minimum absolute atomic E-state index is 0.167. The van der Waals surface area contributed by atoms with E-state index in [2.05, 4.69) is 46.4 Å². The van der Waals surface area contributed by atoms with Gasteiger partial charge in [-0.25, -0.2) is 0 Å². The van der Waals surface area contributed by atoms with Gasteiger partial charge in [-0.3, -0.25) is 4.79 Å². The lowest BCUT2D eigenvalue weighted by Crippen LogP contribution is -2.55. The van der Waals surface area contributed by atoms with E-state index in [1.54, 1.807) is 0 Å². The molecule has 2 saturated heterocycles. The zero-order chi connectivity index (χ0) is 17.6. The van der Waals surface area contributed by atoms with Crippen molar-refractivity contribution in [2.45, 2.75) is 19.1 Å². The second kappa shape index (κ2) is 8.65. The summed E-state index contributed by atoms with van der Waals surface area (Å²) in [4.78, 5) is 19.3. The van der Waals surface area contributed by atoms with E-state index in [1.165, 1.54) is 5.69 Å². The number of piperazine rings is 1. The van der Waals surface area contributed by atoms with E-state index >= 15 is 0 Å². The highest BCUT2D eigenvalue weighted by molar-refractivity contribution is 5.81. The Morgan fingerprint density at radius 1 is 1.20 bits per heavy atom. The Kier molecular flexibility index (Phi) is 6.29. The molecule has 2 aliphatic rings. The van der Waals surface area contributed by atoms with Crippen LogP contribution in [0.5, 0.6) is 0 Å². The van der Waals surface area contributed by atoms with Crippen molar-refractivity contribution in [3.8, 4) is 0 Å². The number of hydrogen-bond acceptors (Lipinski definition) is 5. The summed E-state index contributed by atoms with van der Waals surface area (Å²) in [7, 11) is 2.11. The van der Waals surface area contributed by atoms with Crippen molar-refractivity contribution in [1.29, 1.82) is 0 Å². The first-order chi connectivity index (χ1) is 12.1. The number of morpholine rings is 1. The first-order valence-electron chi connectivity index (χ1n) is 9.26. The third-order valence-electron chi connectivity index (χ3n) is 5.08. The Hall–Kier alpha value is -1.63. The van der Waals surface area contributed by atoms with Crippen LogP contribution in [0.15, 0.2) is 30.3 Å². The van der Waals surface area contributed by atoms with E-state index in [0.29, 0.717) is 0 Å². The number of carbonyl (C=O) groups is 1. The summed E-state index contributed by atoms with van der Waals surface area (Å²) in [6.07, 6.45) is 0.170. The quantitative estimate of drug-likeness (QED) is 0.848. The molecule has 3 rings (SSSR count). The predicted octanol–water partition coefficient (Wildman–Crippen LogP) is 0.644. The third kappa shape index (κ3) is 4.93. The minimum Gasteiger partial charge on any atom is -0.374 e. The van der Waals surface area contributed by atoms with Crippen LogP contribution in [-0.4, -0.2) is 87.3 Å². The standard InChI is InChI=1S/C19H30N4O2/c1-16(20-14-18-15-21(2)12-13-25-18)19(24)23-10-8-22(9-11-23)17-6-4-3-5-7-17/h3-7,16,18,20H,8-15H2,1-2H3/t16-,18+/m1/s1. The number of anilines is 1. The number of carbonyl (C=O) groups excluding carboxylic acids is 1. The summed E-state index contributed by atoms with van der Waals surface area (Å²) < 4.78 is 5.75. The third-order valence-corrected chi connectivity index (χ3v) is 5.08. The summed E-state index contributed by atoms with van der Waals surface area (Å²) >= 11 is 0. The van der Waals surface area contributed by atoms with Crippen molar-refractivity contribution in [1.82, 2.24) is 15.1 Å². The molecule has 1 N–H and O–H groups in total. The lowest BCUT2D eigenvalue weighted by Gasteiger charge is -2.37. The maximum absolute atomic E-state index is 12.7. The molecule has 1 amide bonds. The molecule has 1 aromatic rings. The Bertz CT molecular complexity index is 546. The number of ether oxygens (including phenoxy) is 1. The number of para-hydroxylation sites is 1. The Balaban J connectivity index is 1.42. The van der Waals surface area contributed by atoms with Crippen LogP contribution in [0.25, 0.3) is 0 Å². The fourth-order valence-electron chi connectivity index (χ4n) is 3.48. The fourth-order valence-corrected chi connectivity index (χ4v) is 3.48. The van der Waals surface area contributed by atoms with Crippen LogP contribution in [0, 0.1) is 0 Å². The molecular formula is C19H30N4O2. The molecule has 0 spiro atoms. The van der Waals surface area contributed by atoms with E-state index in [9.17, 15) is 4.79 Å². The summed E-state index contributed by atoms with van der Waals surface area (Å²) in [6, 6.07) is 10.2. The van der Waals surface area contributed by atoms with E-state index in [1.807, 2.05) is 17.9 Å². The smallest absolute Gasteiger partial charge is 0.239 e. The fraction of sp³-hybridized carbons (Fsp3) is 0.632. The number of benzene rings is 1. The van der Waals surface area contributed by atoms with Gasteiger partial charge >= 0.3 is 0 Å². The van der Waals surface area contributed by atoms with E-state index in [0.717, 1.165) is 52.4 Å². The van der Waals surface area contributed by atoms with Crippen molar-refractivity contribution in [2.24, 2.45) is 0 Å². The Morgan fingerprint density at radius 3 is 2.60 bits per heavy atom. The molecule has 0 saturated carbocycles. The average molecular weight is 346 g/mol. The highest BCUT2D eigenvalue weighted by Crippen LogP contribution is 2.16. The zero-order valence-electron chi connectivity index (χ0n) is 15.4. The van der Waals surface area contributed by atoms with Crippen LogP contribution in [0.3, 0.4) is 0 Å². The van der Waals surface area contributed by atoms with Crippen LogP contribution < -0.4 is 10.2 Å². The average Bonchev–Trinajstić information content (AvgIpc) is 2.66. The molecule has 1 aromatic carbocycles. The van der Waals surface area contributed by atoms with Crippen molar-refractivity contribution < 1.29 is 9.53 Å². The van der Waals surface area contributed by atoms with Gasteiger partial charge in [0.25, 0.3) is 0 Å². The van der Waals surface area contributed by atoms with Crippen LogP contribution in [0.4, 0.5) is 5.69 Å². The number of rotatable bonds is 5.